The molecule has 0 radical (unpaired) electrons. The van der Waals surface area contributed by atoms with Gasteiger partial charge in [0.25, 0.3) is 0 Å². The van der Waals surface area contributed by atoms with Crippen LogP contribution in [0.15, 0.2) is 0 Å². The number of hydrogen-bond donors (Lipinski definition) is 1. The van der Waals surface area contributed by atoms with Gasteiger partial charge < -0.3 is 10.5 Å². The van der Waals surface area contributed by atoms with E-state index in [-0.39, 0.29) is 11.8 Å². The van der Waals surface area contributed by atoms with Crippen molar-refractivity contribution in [2.45, 2.75) is 6.04 Å². The van der Waals surface area contributed by atoms with Crippen LogP contribution in [0.2, 0.25) is 0 Å². The quantitative estimate of drug-likeness (QED) is 0.394. The van der Waals surface area contributed by atoms with Crippen molar-refractivity contribution in [3.8, 4) is 0 Å². The highest BCUT2D eigenvalue weighted by atomic mass is 35.5. The minimum Gasteiger partial charge on any atom is -0.465 e. The van der Waals surface area contributed by atoms with Crippen molar-refractivity contribution < 1.29 is 15.3 Å². The van der Waals surface area contributed by atoms with Gasteiger partial charge in [-0.3, -0.25) is 0 Å². The van der Waals surface area contributed by atoms with Gasteiger partial charge in [0.2, 0.25) is 0 Å². The summed E-state index contributed by atoms with van der Waals surface area (Å²) in [4.78, 5) is 10.4. The predicted molar refractivity (Wildman–Crippen MR) is 29.4 cm³/mol. The van der Waals surface area contributed by atoms with Crippen molar-refractivity contribution in [1.82, 2.24) is 0 Å². The third-order valence-corrected chi connectivity index (χ3v) is 1.09. The van der Waals surface area contributed by atoms with Gasteiger partial charge in [-0.05, 0) is 0 Å². The summed E-state index contributed by atoms with van der Waals surface area (Å²) in [5.74, 6) is -0.146. The SMILES string of the molecule is COC(=O)C([NH3+])CCl. The van der Waals surface area contributed by atoms with E-state index in [4.69, 9.17) is 11.6 Å². The number of carbonyl (C=O) groups excluding carboxylic acids is 1. The van der Waals surface area contributed by atoms with Crippen LogP contribution < -0.4 is 5.73 Å². The molecule has 0 aliphatic heterocycles. The lowest BCUT2D eigenvalue weighted by atomic mass is 10.4. The molecule has 8 heavy (non-hydrogen) atoms. The van der Waals surface area contributed by atoms with Gasteiger partial charge >= 0.3 is 5.97 Å². The first-order valence-electron chi connectivity index (χ1n) is 2.19. The molecule has 0 aliphatic carbocycles. The topological polar surface area (TPSA) is 53.9 Å². The Kier molecular flexibility index (Phi) is 3.56. The Labute approximate surface area is 52.8 Å². The van der Waals surface area contributed by atoms with Gasteiger partial charge in [0.15, 0.2) is 6.04 Å². The molecule has 0 fully saturated rings. The zero-order valence-electron chi connectivity index (χ0n) is 4.69. The van der Waals surface area contributed by atoms with E-state index < -0.39 is 6.04 Å². The molecule has 0 bridgehead atoms. The number of rotatable bonds is 2. The first-order valence-corrected chi connectivity index (χ1v) is 2.72. The molecule has 0 rings (SSSR count). The summed E-state index contributed by atoms with van der Waals surface area (Å²) in [6, 6.07) is -0.429. The van der Waals surface area contributed by atoms with E-state index in [9.17, 15) is 4.79 Å². The number of alkyl halides is 1. The van der Waals surface area contributed by atoms with Gasteiger partial charge in [-0.2, -0.15) is 0 Å². The van der Waals surface area contributed by atoms with E-state index in [2.05, 4.69) is 10.5 Å². The van der Waals surface area contributed by atoms with E-state index in [1.807, 2.05) is 0 Å². The van der Waals surface area contributed by atoms with Crippen LogP contribution in [-0.4, -0.2) is 25.0 Å². The lowest BCUT2D eigenvalue weighted by Crippen LogP contribution is -2.66. The second-order valence-electron chi connectivity index (χ2n) is 1.37. The zero-order chi connectivity index (χ0) is 6.57. The van der Waals surface area contributed by atoms with Crippen LogP contribution in [0.3, 0.4) is 0 Å². The molecule has 0 aliphatic rings. The lowest BCUT2D eigenvalue weighted by molar-refractivity contribution is -0.401. The molecule has 0 spiro atoms. The molecule has 0 heterocycles. The van der Waals surface area contributed by atoms with Crippen molar-refractivity contribution in [3.05, 3.63) is 0 Å². The number of carbonyl (C=O) groups is 1. The maximum atomic E-state index is 10.4. The Morgan fingerprint density at radius 1 is 2.00 bits per heavy atom. The molecule has 3 nitrogen and oxygen atoms in total. The second kappa shape index (κ2) is 3.69. The third kappa shape index (κ3) is 2.14. The molecule has 0 aromatic rings. The highest BCUT2D eigenvalue weighted by Gasteiger charge is 2.14. The number of hydrogen-bond acceptors (Lipinski definition) is 2. The fourth-order valence-corrected chi connectivity index (χ4v) is 0.356. The molecule has 0 saturated carbocycles. The molecular formula is C4H9ClNO2+. The molecule has 1 unspecified atom stereocenters. The molecule has 3 N–H and O–H groups in total. The van der Waals surface area contributed by atoms with Crippen LogP contribution >= 0.6 is 11.6 Å². The average Bonchev–Trinajstić information content (AvgIpc) is 1.84. The summed E-state index contributed by atoms with van der Waals surface area (Å²) in [6.07, 6.45) is 0. The largest absolute Gasteiger partial charge is 0.465 e. The van der Waals surface area contributed by atoms with E-state index in [0.717, 1.165) is 0 Å². The second-order valence-corrected chi connectivity index (χ2v) is 1.68. The van der Waals surface area contributed by atoms with Crippen LogP contribution in [0.5, 0.6) is 0 Å². The molecule has 0 aromatic heterocycles. The first-order chi connectivity index (χ1) is 3.72. The minimum absolute atomic E-state index is 0.215. The average molecular weight is 139 g/mol. The summed E-state index contributed by atoms with van der Waals surface area (Å²) >= 11 is 5.26. The van der Waals surface area contributed by atoms with Crippen LogP contribution in [0.1, 0.15) is 0 Å². The number of quaternary nitrogens is 1. The highest BCUT2D eigenvalue weighted by Crippen LogP contribution is 1.83. The third-order valence-electron chi connectivity index (χ3n) is 0.721. The predicted octanol–water partition coefficient (Wildman–Crippen LogP) is -0.991. The number of methoxy groups -OCH3 is 1. The van der Waals surface area contributed by atoms with E-state index >= 15 is 0 Å². The Morgan fingerprint density at radius 3 is 2.62 bits per heavy atom. The fraction of sp³-hybridized carbons (Fsp3) is 0.750. The van der Waals surface area contributed by atoms with Gasteiger partial charge in [0, 0.05) is 0 Å². The molecule has 4 heteroatoms. The van der Waals surface area contributed by atoms with Crippen LogP contribution in [0, 0.1) is 0 Å². The number of esters is 1. The summed E-state index contributed by atoms with van der Waals surface area (Å²) in [6.45, 7) is 0. The Hall–Kier alpha value is -0.280. The van der Waals surface area contributed by atoms with Crippen molar-refractivity contribution in [1.29, 1.82) is 0 Å². The standard InChI is InChI=1S/C4H8ClNO2/c1-8-4(7)3(6)2-5/h3H,2,6H2,1H3/p+1. The van der Waals surface area contributed by atoms with Crippen molar-refractivity contribution >= 4 is 17.6 Å². The van der Waals surface area contributed by atoms with Gasteiger partial charge in [-0.25, -0.2) is 4.79 Å². The Morgan fingerprint density at radius 2 is 2.50 bits per heavy atom. The minimum atomic E-state index is -0.429. The summed E-state index contributed by atoms with van der Waals surface area (Å²) < 4.78 is 4.32. The molecule has 0 amide bonds. The van der Waals surface area contributed by atoms with Gasteiger partial charge in [-0.15, -0.1) is 11.6 Å². The van der Waals surface area contributed by atoms with Crippen molar-refractivity contribution in [2.24, 2.45) is 0 Å². The Balaban J connectivity index is 3.46. The monoisotopic (exact) mass is 138 g/mol. The van der Waals surface area contributed by atoms with Crippen molar-refractivity contribution in [2.75, 3.05) is 13.0 Å². The summed E-state index contributed by atoms with van der Waals surface area (Å²) in [5, 5.41) is 0. The van der Waals surface area contributed by atoms with Crippen molar-refractivity contribution in [3.63, 3.8) is 0 Å². The zero-order valence-corrected chi connectivity index (χ0v) is 5.44. The molecule has 48 valence electrons. The summed E-state index contributed by atoms with van der Waals surface area (Å²) in [7, 11) is 1.31. The van der Waals surface area contributed by atoms with Gasteiger partial charge in [0.05, 0.1) is 13.0 Å². The van der Waals surface area contributed by atoms with E-state index in [1.54, 1.807) is 0 Å². The molecule has 0 aromatic carbocycles. The molecule has 1 atom stereocenters. The van der Waals surface area contributed by atoms with Crippen LogP contribution in [-0.2, 0) is 9.53 Å². The molecular weight excluding hydrogens is 130 g/mol. The maximum Gasteiger partial charge on any atom is 0.365 e. The Bertz CT molecular complexity index is 86.1. The lowest BCUT2D eigenvalue weighted by Gasteiger charge is -1.98. The first kappa shape index (κ1) is 7.72. The van der Waals surface area contributed by atoms with E-state index in [1.165, 1.54) is 7.11 Å². The van der Waals surface area contributed by atoms with Gasteiger partial charge in [-0.1, -0.05) is 0 Å². The summed E-state index contributed by atoms with van der Waals surface area (Å²) in [5.41, 5.74) is 3.42. The fourth-order valence-electron chi connectivity index (χ4n) is 0.230. The van der Waals surface area contributed by atoms with Crippen LogP contribution in [0.4, 0.5) is 0 Å². The molecule has 0 saturated heterocycles. The van der Waals surface area contributed by atoms with Gasteiger partial charge in [0.1, 0.15) is 0 Å². The highest BCUT2D eigenvalue weighted by molar-refractivity contribution is 6.19. The smallest absolute Gasteiger partial charge is 0.365 e. The number of ether oxygens (including phenoxy) is 1. The number of halogens is 1. The van der Waals surface area contributed by atoms with Crippen LogP contribution in [0.25, 0.3) is 0 Å². The normalized spacial score (nSPS) is 12.9. The maximum absolute atomic E-state index is 10.4. The van der Waals surface area contributed by atoms with E-state index in [0.29, 0.717) is 0 Å².